The highest BCUT2D eigenvalue weighted by atomic mass is 16.7. The molecule has 1 aliphatic rings. The molecule has 0 spiro atoms. The number of hydrogen-bond acceptors (Lipinski definition) is 3. The van der Waals surface area contributed by atoms with Crippen molar-refractivity contribution in [1.82, 2.24) is 5.32 Å². The van der Waals surface area contributed by atoms with Gasteiger partial charge in [0, 0.05) is 18.5 Å². The van der Waals surface area contributed by atoms with Crippen LogP contribution in [-0.2, 0) is 9.31 Å². The van der Waals surface area contributed by atoms with Crippen LogP contribution in [0.25, 0.3) is 0 Å². The Morgan fingerprint density at radius 3 is 2.43 bits per heavy atom. The van der Waals surface area contributed by atoms with Gasteiger partial charge in [0.2, 0.25) is 0 Å². The first-order chi connectivity index (χ1) is 10.9. The molecular formula is C19H28BNO2. The Morgan fingerprint density at radius 2 is 1.78 bits per heavy atom. The van der Waals surface area contributed by atoms with Gasteiger partial charge in [-0.05, 0) is 58.3 Å². The van der Waals surface area contributed by atoms with Crippen LogP contribution in [0, 0.1) is 11.8 Å². The van der Waals surface area contributed by atoms with E-state index in [-0.39, 0.29) is 18.3 Å². The lowest BCUT2D eigenvalue weighted by atomic mass is 9.78. The SMILES string of the molecule is CCCNCCC#Cc1cccc(B2OC(C)(C)C(C)(C)O2)c1. The molecule has 4 heteroatoms. The lowest BCUT2D eigenvalue weighted by Crippen LogP contribution is -2.41. The second-order valence-corrected chi connectivity index (χ2v) is 7.02. The van der Waals surface area contributed by atoms with Crippen molar-refractivity contribution in [3.05, 3.63) is 29.8 Å². The topological polar surface area (TPSA) is 30.5 Å². The van der Waals surface area contributed by atoms with Crippen molar-refractivity contribution in [2.45, 2.75) is 58.7 Å². The van der Waals surface area contributed by atoms with Crippen LogP contribution in [-0.4, -0.2) is 31.4 Å². The molecule has 23 heavy (non-hydrogen) atoms. The molecule has 1 saturated heterocycles. The summed E-state index contributed by atoms with van der Waals surface area (Å²) in [5.74, 6) is 6.44. The third-order valence-electron chi connectivity index (χ3n) is 4.50. The van der Waals surface area contributed by atoms with Crippen molar-refractivity contribution in [2.24, 2.45) is 0 Å². The molecular weight excluding hydrogens is 285 g/mol. The molecule has 1 fully saturated rings. The molecule has 1 aromatic carbocycles. The molecule has 1 aliphatic heterocycles. The van der Waals surface area contributed by atoms with E-state index in [1.165, 1.54) is 0 Å². The minimum atomic E-state index is -0.326. The lowest BCUT2D eigenvalue weighted by Gasteiger charge is -2.32. The summed E-state index contributed by atoms with van der Waals surface area (Å²) in [6.45, 7) is 12.4. The first kappa shape index (κ1) is 18.1. The summed E-state index contributed by atoms with van der Waals surface area (Å²) in [6.07, 6.45) is 2.02. The molecule has 1 aromatic rings. The zero-order valence-electron chi connectivity index (χ0n) is 15.0. The average molecular weight is 313 g/mol. The van der Waals surface area contributed by atoms with Crippen molar-refractivity contribution in [2.75, 3.05) is 13.1 Å². The number of rotatable bonds is 5. The molecule has 0 unspecified atom stereocenters. The van der Waals surface area contributed by atoms with Crippen LogP contribution in [0.5, 0.6) is 0 Å². The molecule has 1 N–H and O–H groups in total. The minimum Gasteiger partial charge on any atom is -0.399 e. The quantitative estimate of drug-likeness (QED) is 0.515. The van der Waals surface area contributed by atoms with Crippen LogP contribution in [0.1, 0.15) is 53.0 Å². The fraction of sp³-hybridized carbons (Fsp3) is 0.579. The van der Waals surface area contributed by atoms with Crippen LogP contribution in [0.2, 0.25) is 0 Å². The molecule has 124 valence electrons. The number of hydrogen-bond donors (Lipinski definition) is 1. The van der Waals surface area contributed by atoms with Crippen molar-refractivity contribution in [3.63, 3.8) is 0 Å². The van der Waals surface area contributed by atoms with E-state index in [0.29, 0.717) is 0 Å². The molecule has 3 nitrogen and oxygen atoms in total. The highest BCUT2D eigenvalue weighted by molar-refractivity contribution is 6.62. The standard InChI is InChI=1S/C19H28BNO2/c1-6-13-21-14-8-7-10-16-11-9-12-17(15-16)20-22-18(2,3)19(4,5)23-20/h9,11-12,15,21H,6,8,13-14H2,1-5H3. The van der Waals surface area contributed by atoms with Gasteiger partial charge in [-0.3, -0.25) is 0 Å². The fourth-order valence-electron chi connectivity index (χ4n) is 2.36. The Morgan fingerprint density at radius 1 is 1.09 bits per heavy atom. The molecule has 0 aromatic heterocycles. The lowest BCUT2D eigenvalue weighted by molar-refractivity contribution is 0.00578. The van der Waals surface area contributed by atoms with Gasteiger partial charge in [-0.1, -0.05) is 30.9 Å². The van der Waals surface area contributed by atoms with E-state index in [9.17, 15) is 0 Å². The first-order valence-electron chi connectivity index (χ1n) is 8.51. The maximum Gasteiger partial charge on any atom is 0.494 e. The Balaban J connectivity index is 2.00. The second-order valence-electron chi connectivity index (χ2n) is 7.02. The molecule has 0 saturated carbocycles. The van der Waals surface area contributed by atoms with Gasteiger partial charge in [0.15, 0.2) is 0 Å². The van der Waals surface area contributed by atoms with Gasteiger partial charge >= 0.3 is 7.12 Å². The monoisotopic (exact) mass is 313 g/mol. The van der Waals surface area contributed by atoms with Crippen LogP contribution < -0.4 is 10.8 Å². The van der Waals surface area contributed by atoms with Crippen LogP contribution in [0.4, 0.5) is 0 Å². The molecule has 0 radical (unpaired) electrons. The minimum absolute atomic E-state index is 0.315. The molecule has 0 aliphatic carbocycles. The van der Waals surface area contributed by atoms with Crippen LogP contribution in [0.3, 0.4) is 0 Å². The second kappa shape index (κ2) is 7.53. The van der Waals surface area contributed by atoms with Gasteiger partial charge in [-0.2, -0.15) is 0 Å². The van der Waals surface area contributed by atoms with Gasteiger partial charge in [0.25, 0.3) is 0 Å². The Hall–Kier alpha value is -1.28. The Kier molecular flexibility index (Phi) is 5.92. The van der Waals surface area contributed by atoms with Gasteiger partial charge in [-0.15, -0.1) is 0 Å². The van der Waals surface area contributed by atoms with Gasteiger partial charge in [0.05, 0.1) is 11.2 Å². The van der Waals surface area contributed by atoms with Gasteiger partial charge < -0.3 is 14.6 Å². The van der Waals surface area contributed by atoms with Gasteiger partial charge in [-0.25, -0.2) is 0 Å². The smallest absolute Gasteiger partial charge is 0.399 e. The zero-order chi connectivity index (χ0) is 16.9. The maximum atomic E-state index is 6.09. The van der Waals surface area contributed by atoms with E-state index in [2.05, 4.69) is 57.8 Å². The van der Waals surface area contributed by atoms with Crippen molar-refractivity contribution in [1.29, 1.82) is 0 Å². The Labute approximate surface area is 141 Å². The van der Waals surface area contributed by atoms with E-state index in [1.54, 1.807) is 0 Å². The van der Waals surface area contributed by atoms with E-state index in [0.717, 1.165) is 37.0 Å². The van der Waals surface area contributed by atoms with Gasteiger partial charge in [0.1, 0.15) is 0 Å². The Bertz CT molecular complexity index is 571. The first-order valence-corrected chi connectivity index (χ1v) is 8.51. The highest BCUT2D eigenvalue weighted by Gasteiger charge is 2.51. The third-order valence-corrected chi connectivity index (χ3v) is 4.50. The average Bonchev–Trinajstić information content (AvgIpc) is 2.72. The fourth-order valence-corrected chi connectivity index (χ4v) is 2.36. The zero-order valence-corrected chi connectivity index (χ0v) is 15.0. The predicted octanol–water partition coefficient (Wildman–Crippen LogP) is 2.73. The van der Waals surface area contributed by atoms with E-state index >= 15 is 0 Å². The molecule has 2 rings (SSSR count). The number of benzene rings is 1. The van der Waals surface area contributed by atoms with Crippen LogP contribution in [0.15, 0.2) is 24.3 Å². The van der Waals surface area contributed by atoms with Crippen molar-refractivity contribution < 1.29 is 9.31 Å². The summed E-state index contributed by atoms with van der Waals surface area (Å²) >= 11 is 0. The molecule has 1 heterocycles. The number of nitrogens with one attached hydrogen (secondary N) is 1. The van der Waals surface area contributed by atoms with E-state index < -0.39 is 0 Å². The third kappa shape index (κ3) is 4.60. The largest absolute Gasteiger partial charge is 0.494 e. The highest BCUT2D eigenvalue weighted by Crippen LogP contribution is 2.36. The van der Waals surface area contributed by atoms with E-state index in [4.69, 9.17) is 9.31 Å². The summed E-state index contributed by atoms with van der Waals surface area (Å²) < 4.78 is 12.2. The summed E-state index contributed by atoms with van der Waals surface area (Å²) in [6, 6.07) is 8.14. The summed E-state index contributed by atoms with van der Waals surface area (Å²) in [4.78, 5) is 0. The molecule has 0 atom stereocenters. The van der Waals surface area contributed by atoms with Crippen molar-refractivity contribution >= 4 is 12.6 Å². The van der Waals surface area contributed by atoms with E-state index in [1.807, 2.05) is 18.2 Å². The maximum absolute atomic E-state index is 6.09. The van der Waals surface area contributed by atoms with Crippen LogP contribution >= 0.6 is 0 Å². The normalized spacial score (nSPS) is 18.6. The summed E-state index contributed by atoms with van der Waals surface area (Å²) in [5.41, 5.74) is 1.40. The predicted molar refractivity (Wildman–Crippen MR) is 96.8 cm³/mol. The summed E-state index contributed by atoms with van der Waals surface area (Å²) in [5, 5.41) is 3.35. The summed E-state index contributed by atoms with van der Waals surface area (Å²) in [7, 11) is -0.326. The van der Waals surface area contributed by atoms with Crippen molar-refractivity contribution in [3.8, 4) is 11.8 Å². The molecule has 0 bridgehead atoms. The molecule has 0 amide bonds.